The molecule has 18 heavy (non-hydrogen) atoms. The van der Waals surface area contributed by atoms with Gasteiger partial charge in [-0.05, 0) is 41.2 Å². The third-order valence-electron chi connectivity index (χ3n) is 2.65. The molecule has 0 fully saturated rings. The van der Waals surface area contributed by atoms with Crippen LogP contribution >= 0.6 is 27.7 Å². The van der Waals surface area contributed by atoms with Crippen molar-refractivity contribution in [1.82, 2.24) is 0 Å². The van der Waals surface area contributed by atoms with Gasteiger partial charge in [0.1, 0.15) is 0 Å². The van der Waals surface area contributed by atoms with E-state index in [0.29, 0.717) is 10.2 Å². The van der Waals surface area contributed by atoms with Crippen molar-refractivity contribution in [2.75, 3.05) is 18.2 Å². The van der Waals surface area contributed by atoms with Crippen LogP contribution in [0.4, 0.5) is 5.69 Å². The van der Waals surface area contributed by atoms with E-state index in [1.165, 1.54) is 0 Å². The average molecular weight is 334 g/mol. The number of hydrogen-bond donors (Lipinski definition) is 3. The quantitative estimate of drug-likeness (QED) is 0.746. The van der Waals surface area contributed by atoms with Crippen LogP contribution in [0, 0.1) is 0 Å². The monoisotopic (exact) mass is 333 g/mol. The van der Waals surface area contributed by atoms with Gasteiger partial charge in [0.05, 0.1) is 17.9 Å². The van der Waals surface area contributed by atoms with Gasteiger partial charge in [0, 0.05) is 15.8 Å². The minimum absolute atomic E-state index is 0.0191. The summed E-state index contributed by atoms with van der Waals surface area (Å²) in [6.45, 7) is 1.97. The number of benzene rings is 1. The molecule has 100 valence electrons. The van der Waals surface area contributed by atoms with Gasteiger partial charge in [-0.3, -0.25) is 0 Å². The zero-order valence-electron chi connectivity index (χ0n) is 10.2. The first-order valence-corrected chi connectivity index (χ1v) is 7.51. The lowest BCUT2D eigenvalue weighted by Gasteiger charge is -2.23. The molecule has 0 aliphatic heterocycles. The molecule has 0 radical (unpaired) electrons. The Balaban J connectivity index is 2.97. The molecule has 0 saturated heterocycles. The topological polar surface area (TPSA) is 69.6 Å². The van der Waals surface area contributed by atoms with Crippen molar-refractivity contribution in [3.8, 4) is 0 Å². The SMILES string of the molecule is CSC(CO)C(C)Nc1cccc(Br)c1C(=O)O. The van der Waals surface area contributed by atoms with Gasteiger partial charge in [0.25, 0.3) is 0 Å². The van der Waals surface area contributed by atoms with Crippen LogP contribution in [0.5, 0.6) is 0 Å². The molecular formula is C12H16BrNO3S. The molecule has 6 heteroatoms. The van der Waals surface area contributed by atoms with Gasteiger partial charge in [-0.2, -0.15) is 11.8 Å². The third-order valence-corrected chi connectivity index (χ3v) is 4.47. The first-order valence-electron chi connectivity index (χ1n) is 5.43. The fourth-order valence-electron chi connectivity index (χ4n) is 1.64. The van der Waals surface area contributed by atoms with Gasteiger partial charge in [-0.1, -0.05) is 6.07 Å². The molecule has 0 aliphatic rings. The molecular weight excluding hydrogens is 318 g/mol. The summed E-state index contributed by atoms with van der Waals surface area (Å²) in [6, 6.07) is 5.16. The highest BCUT2D eigenvalue weighted by molar-refractivity contribution is 9.10. The summed E-state index contributed by atoms with van der Waals surface area (Å²) in [6.07, 6.45) is 1.91. The molecule has 0 aromatic heterocycles. The van der Waals surface area contributed by atoms with Crippen molar-refractivity contribution in [3.63, 3.8) is 0 Å². The Hall–Kier alpha value is -0.720. The number of nitrogens with one attached hydrogen (secondary N) is 1. The second-order valence-electron chi connectivity index (χ2n) is 3.86. The van der Waals surface area contributed by atoms with E-state index in [2.05, 4.69) is 21.2 Å². The van der Waals surface area contributed by atoms with Gasteiger partial charge in [0.15, 0.2) is 0 Å². The summed E-state index contributed by atoms with van der Waals surface area (Å²) < 4.78 is 0.539. The fraction of sp³-hybridized carbons (Fsp3) is 0.417. The summed E-state index contributed by atoms with van der Waals surface area (Å²) in [5.41, 5.74) is 0.763. The smallest absolute Gasteiger partial charge is 0.338 e. The van der Waals surface area contributed by atoms with Gasteiger partial charge in [-0.15, -0.1) is 0 Å². The number of carboxylic acids is 1. The van der Waals surface area contributed by atoms with E-state index < -0.39 is 5.97 Å². The number of thioether (sulfide) groups is 1. The lowest BCUT2D eigenvalue weighted by atomic mass is 10.1. The summed E-state index contributed by atoms with van der Waals surface area (Å²) in [5.74, 6) is -0.984. The molecule has 0 aliphatic carbocycles. The predicted molar refractivity (Wildman–Crippen MR) is 78.6 cm³/mol. The van der Waals surface area contributed by atoms with E-state index in [4.69, 9.17) is 0 Å². The van der Waals surface area contributed by atoms with E-state index in [1.54, 1.807) is 30.0 Å². The van der Waals surface area contributed by atoms with Crippen molar-refractivity contribution in [2.45, 2.75) is 18.2 Å². The van der Waals surface area contributed by atoms with Crippen LogP contribution in [0.25, 0.3) is 0 Å². The highest BCUT2D eigenvalue weighted by Crippen LogP contribution is 2.26. The average Bonchev–Trinajstić information content (AvgIpc) is 2.30. The third kappa shape index (κ3) is 3.63. The number of rotatable bonds is 6. The van der Waals surface area contributed by atoms with Crippen LogP contribution in [0.2, 0.25) is 0 Å². The standard InChI is InChI=1S/C12H16BrNO3S/c1-7(10(6-15)18-2)14-9-5-3-4-8(13)11(9)12(16)17/h3-5,7,10,14-15H,6H2,1-2H3,(H,16,17). The number of anilines is 1. The van der Waals surface area contributed by atoms with Crippen molar-refractivity contribution in [3.05, 3.63) is 28.2 Å². The van der Waals surface area contributed by atoms with Gasteiger partial charge < -0.3 is 15.5 Å². The maximum atomic E-state index is 11.2. The van der Waals surface area contributed by atoms with Crippen molar-refractivity contribution < 1.29 is 15.0 Å². The van der Waals surface area contributed by atoms with E-state index in [-0.39, 0.29) is 23.5 Å². The Kier molecular flexibility index (Phi) is 5.98. The molecule has 1 aromatic carbocycles. The summed E-state index contributed by atoms with van der Waals surface area (Å²) in [5, 5.41) is 21.6. The second-order valence-corrected chi connectivity index (χ2v) is 5.79. The largest absolute Gasteiger partial charge is 0.478 e. The van der Waals surface area contributed by atoms with Crippen LogP contribution in [0.3, 0.4) is 0 Å². The molecule has 0 heterocycles. The van der Waals surface area contributed by atoms with Crippen LogP contribution in [-0.2, 0) is 0 Å². The second kappa shape index (κ2) is 7.01. The molecule has 0 bridgehead atoms. The van der Waals surface area contributed by atoms with Gasteiger partial charge in [0.2, 0.25) is 0 Å². The minimum Gasteiger partial charge on any atom is -0.478 e. The zero-order valence-corrected chi connectivity index (χ0v) is 12.6. The summed E-state index contributed by atoms with van der Waals surface area (Å²) >= 11 is 4.78. The Bertz CT molecular complexity index is 424. The number of halogens is 1. The van der Waals surface area contributed by atoms with Crippen molar-refractivity contribution in [1.29, 1.82) is 0 Å². The fourth-order valence-corrected chi connectivity index (χ4v) is 2.80. The van der Waals surface area contributed by atoms with Gasteiger partial charge >= 0.3 is 5.97 Å². The molecule has 2 atom stereocenters. The number of hydrogen-bond acceptors (Lipinski definition) is 4. The lowest BCUT2D eigenvalue weighted by Crippen LogP contribution is -2.31. The minimum atomic E-state index is -0.984. The Morgan fingerprint density at radius 3 is 2.72 bits per heavy atom. The van der Waals surface area contributed by atoms with Gasteiger partial charge in [-0.25, -0.2) is 4.79 Å². The number of aromatic carboxylic acids is 1. The molecule has 2 unspecified atom stereocenters. The first kappa shape index (κ1) is 15.3. The number of aliphatic hydroxyl groups excluding tert-OH is 1. The van der Waals surface area contributed by atoms with Crippen LogP contribution in [0.1, 0.15) is 17.3 Å². The highest BCUT2D eigenvalue weighted by Gasteiger charge is 2.19. The van der Waals surface area contributed by atoms with E-state index in [0.717, 1.165) is 0 Å². The Labute approximate surface area is 119 Å². The lowest BCUT2D eigenvalue weighted by molar-refractivity contribution is 0.0697. The zero-order chi connectivity index (χ0) is 13.7. The van der Waals surface area contributed by atoms with Crippen LogP contribution in [0.15, 0.2) is 22.7 Å². The predicted octanol–water partition coefficient (Wildman–Crippen LogP) is 2.67. The Morgan fingerprint density at radius 2 is 2.22 bits per heavy atom. The molecule has 1 aromatic rings. The summed E-state index contributed by atoms with van der Waals surface area (Å²) in [7, 11) is 0. The van der Waals surface area contributed by atoms with E-state index >= 15 is 0 Å². The maximum Gasteiger partial charge on any atom is 0.338 e. The van der Waals surface area contributed by atoms with Crippen LogP contribution < -0.4 is 5.32 Å². The Morgan fingerprint density at radius 1 is 1.56 bits per heavy atom. The molecule has 4 nitrogen and oxygen atoms in total. The summed E-state index contributed by atoms with van der Waals surface area (Å²) in [4.78, 5) is 11.2. The number of carbonyl (C=O) groups is 1. The highest BCUT2D eigenvalue weighted by atomic mass is 79.9. The molecule has 0 amide bonds. The number of aliphatic hydroxyl groups is 1. The maximum absolute atomic E-state index is 11.2. The molecule has 0 spiro atoms. The van der Waals surface area contributed by atoms with Crippen LogP contribution in [-0.4, -0.2) is 40.3 Å². The van der Waals surface area contributed by atoms with E-state index in [1.807, 2.05) is 13.2 Å². The molecule has 0 saturated carbocycles. The molecule has 3 N–H and O–H groups in total. The normalized spacial score (nSPS) is 14.0. The first-order chi connectivity index (χ1) is 8.51. The van der Waals surface area contributed by atoms with Crippen molar-refractivity contribution >= 4 is 39.3 Å². The van der Waals surface area contributed by atoms with Crippen molar-refractivity contribution in [2.24, 2.45) is 0 Å². The number of carboxylic acid groups (broad SMARTS) is 1. The molecule has 1 rings (SSSR count). The van der Waals surface area contributed by atoms with E-state index in [9.17, 15) is 15.0 Å².